The maximum absolute atomic E-state index is 12.3. The van der Waals surface area contributed by atoms with Gasteiger partial charge in [0.1, 0.15) is 0 Å². The summed E-state index contributed by atoms with van der Waals surface area (Å²) < 4.78 is 6.02. The maximum atomic E-state index is 12.3. The van der Waals surface area contributed by atoms with E-state index in [4.69, 9.17) is 4.74 Å². The maximum Gasteiger partial charge on any atom is 0.227 e. The second-order valence-electron chi connectivity index (χ2n) is 7.51. The Morgan fingerprint density at radius 1 is 1.33 bits per heavy atom. The number of pyridine rings is 1. The first-order valence-electron chi connectivity index (χ1n) is 9.35. The molecule has 2 aliphatic heterocycles. The van der Waals surface area contributed by atoms with Crippen LogP contribution in [0.3, 0.4) is 0 Å². The molecule has 0 bridgehead atoms. The van der Waals surface area contributed by atoms with Crippen LogP contribution in [0, 0.1) is 11.8 Å². The molecule has 1 N–H and O–H groups in total. The predicted molar refractivity (Wildman–Crippen MR) is 92.6 cm³/mol. The van der Waals surface area contributed by atoms with E-state index in [9.17, 15) is 4.79 Å². The van der Waals surface area contributed by atoms with Crippen molar-refractivity contribution in [2.24, 2.45) is 11.8 Å². The minimum atomic E-state index is 0.0341. The van der Waals surface area contributed by atoms with Crippen LogP contribution in [0.15, 0.2) is 24.5 Å². The van der Waals surface area contributed by atoms with Crippen LogP contribution in [0.5, 0.6) is 0 Å². The van der Waals surface area contributed by atoms with Gasteiger partial charge in [0.15, 0.2) is 0 Å². The summed E-state index contributed by atoms with van der Waals surface area (Å²) in [4.78, 5) is 19.0. The van der Waals surface area contributed by atoms with Crippen LogP contribution in [-0.2, 0) is 9.53 Å². The second-order valence-corrected chi connectivity index (χ2v) is 7.51. The van der Waals surface area contributed by atoms with Crippen LogP contribution in [0.25, 0.3) is 0 Å². The zero-order valence-corrected chi connectivity index (χ0v) is 14.2. The first-order valence-corrected chi connectivity index (χ1v) is 9.35. The molecule has 2 saturated heterocycles. The lowest BCUT2D eigenvalue weighted by Crippen LogP contribution is -2.46. The molecule has 4 rings (SSSR count). The fraction of sp³-hybridized carbons (Fsp3) is 0.684. The predicted octanol–water partition coefficient (Wildman–Crippen LogP) is 2.69. The van der Waals surface area contributed by atoms with Gasteiger partial charge >= 0.3 is 0 Å². The number of amides is 1. The third kappa shape index (κ3) is 3.47. The summed E-state index contributed by atoms with van der Waals surface area (Å²) in [5.74, 6) is 1.18. The lowest BCUT2D eigenvalue weighted by Gasteiger charge is -2.39. The number of nitrogens with one attached hydrogen (secondary N) is 1. The van der Waals surface area contributed by atoms with Crippen LogP contribution in [-0.4, -0.2) is 47.6 Å². The van der Waals surface area contributed by atoms with Gasteiger partial charge < -0.3 is 15.0 Å². The van der Waals surface area contributed by atoms with E-state index >= 15 is 0 Å². The van der Waals surface area contributed by atoms with Crippen molar-refractivity contribution in [1.82, 2.24) is 9.88 Å². The van der Waals surface area contributed by atoms with Crippen molar-refractivity contribution in [1.29, 1.82) is 0 Å². The van der Waals surface area contributed by atoms with Crippen molar-refractivity contribution < 1.29 is 9.53 Å². The number of likely N-dealkylation sites (tertiary alicyclic amines) is 1. The van der Waals surface area contributed by atoms with Gasteiger partial charge in [-0.25, -0.2) is 0 Å². The number of anilines is 1. The van der Waals surface area contributed by atoms with Crippen molar-refractivity contribution in [2.75, 3.05) is 25.0 Å². The second kappa shape index (κ2) is 7.19. The largest absolute Gasteiger partial charge is 0.377 e. The minimum absolute atomic E-state index is 0.0341. The number of nitrogens with zero attached hydrogens (tertiary/aromatic N) is 2. The third-order valence-electron chi connectivity index (χ3n) is 6.00. The topological polar surface area (TPSA) is 54.5 Å². The summed E-state index contributed by atoms with van der Waals surface area (Å²) >= 11 is 0. The SMILES string of the molecule is O=C(C[C@@H]1OC[C@@H]2CN(C3CCCC3)CC[C@@H]21)Nc1cccnc1. The molecule has 0 spiro atoms. The summed E-state index contributed by atoms with van der Waals surface area (Å²) in [5.41, 5.74) is 0.757. The number of fused-ring (bicyclic) bond motifs is 1. The fourth-order valence-corrected chi connectivity index (χ4v) is 4.76. The van der Waals surface area contributed by atoms with E-state index in [2.05, 4.69) is 15.2 Å². The lowest BCUT2D eigenvalue weighted by atomic mass is 9.82. The smallest absolute Gasteiger partial charge is 0.227 e. The van der Waals surface area contributed by atoms with Gasteiger partial charge in [0, 0.05) is 24.7 Å². The number of piperidine rings is 1. The molecule has 3 aliphatic rings. The normalized spacial score (nSPS) is 31.1. The highest BCUT2D eigenvalue weighted by Gasteiger charge is 2.42. The third-order valence-corrected chi connectivity index (χ3v) is 6.00. The number of aromatic nitrogens is 1. The molecular formula is C19H27N3O2. The Morgan fingerprint density at radius 3 is 3.00 bits per heavy atom. The standard InChI is InChI=1S/C19H27N3O2/c23-19(21-15-4-3-8-20-11-15)10-18-17-7-9-22(12-14(17)13-24-18)16-5-1-2-6-16/h3-4,8,11,14,16-18H,1-2,5-7,9-10,12-13H2,(H,21,23)/t14-,17-,18-/m0/s1. The van der Waals surface area contributed by atoms with Gasteiger partial charge in [-0.3, -0.25) is 9.78 Å². The summed E-state index contributed by atoms with van der Waals surface area (Å²) in [6, 6.07) is 4.50. The van der Waals surface area contributed by atoms with E-state index in [-0.39, 0.29) is 12.0 Å². The van der Waals surface area contributed by atoms with E-state index in [0.717, 1.165) is 24.9 Å². The Kier molecular flexibility index (Phi) is 4.81. The highest BCUT2D eigenvalue weighted by Crippen LogP contribution is 2.38. The van der Waals surface area contributed by atoms with Crippen LogP contribution >= 0.6 is 0 Å². The Hall–Kier alpha value is -1.46. The van der Waals surface area contributed by atoms with Gasteiger partial charge in [-0.2, -0.15) is 0 Å². The summed E-state index contributed by atoms with van der Waals surface area (Å²) in [6.07, 6.45) is 10.6. The number of carbonyl (C=O) groups excluding carboxylic acids is 1. The molecule has 5 heteroatoms. The first-order chi connectivity index (χ1) is 11.8. The summed E-state index contributed by atoms with van der Waals surface area (Å²) in [7, 11) is 0. The number of carbonyl (C=O) groups is 1. The molecule has 1 aromatic heterocycles. The number of hydrogen-bond donors (Lipinski definition) is 1. The van der Waals surface area contributed by atoms with Crippen LogP contribution < -0.4 is 5.32 Å². The molecule has 1 aliphatic carbocycles. The Bertz CT molecular complexity index is 559. The molecule has 5 nitrogen and oxygen atoms in total. The van der Waals surface area contributed by atoms with Gasteiger partial charge in [-0.1, -0.05) is 12.8 Å². The van der Waals surface area contributed by atoms with Crippen molar-refractivity contribution >= 4 is 11.6 Å². The van der Waals surface area contributed by atoms with Crippen LogP contribution in [0.4, 0.5) is 5.69 Å². The van der Waals surface area contributed by atoms with Crippen LogP contribution in [0.2, 0.25) is 0 Å². The van der Waals surface area contributed by atoms with Gasteiger partial charge in [-0.05, 0) is 43.9 Å². The monoisotopic (exact) mass is 329 g/mol. The molecular weight excluding hydrogens is 302 g/mol. The zero-order valence-electron chi connectivity index (χ0n) is 14.2. The molecule has 1 saturated carbocycles. The molecule has 0 radical (unpaired) electrons. The van der Waals surface area contributed by atoms with Crippen molar-refractivity contribution in [3.8, 4) is 0 Å². The van der Waals surface area contributed by atoms with E-state index in [0.29, 0.717) is 18.3 Å². The Labute approximate surface area is 143 Å². The lowest BCUT2D eigenvalue weighted by molar-refractivity contribution is -0.118. The average molecular weight is 329 g/mol. The number of rotatable bonds is 4. The molecule has 0 unspecified atom stereocenters. The molecule has 0 aromatic carbocycles. The molecule has 3 fully saturated rings. The molecule has 3 atom stereocenters. The zero-order chi connectivity index (χ0) is 16.4. The summed E-state index contributed by atoms with van der Waals surface area (Å²) in [6.45, 7) is 3.16. The first kappa shape index (κ1) is 16.0. The highest BCUT2D eigenvalue weighted by molar-refractivity contribution is 5.90. The average Bonchev–Trinajstić information content (AvgIpc) is 3.25. The van der Waals surface area contributed by atoms with E-state index in [1.54, 1.807) is 12.4 Å². The fourth-order valence-electron chi connectivity index (χ4n) is 4.76. The van der Waals surface area contributed by atoms with Crippen molar-refractivity contribution in [3.63, 3.8) is 0 Å². The van der Waals surface area contributed by atoms with Gasteiger partial charge in [0.2, 0.25) is 5.91 Å². The minimum Gasteiger partial charge on any atom is -0.377 e. The molecule has 130 valence electrons. The molecule has 3 heterocycles. The number of ether oxygens (including phenoxy) is 1. The Morgan fingerprint density at radius 2 is 2.21 bits per heavy atom. The van der Waals surface area contributed by atoms with Crippen molar-refractivity contribution in [2.45, 2.75) is 50.7 Å². The van der Waals surface area contributed by atoms with Gasteiger partial charge in [-0.15, -0.1) is 0 Å². The molecule has 1 amide bonds. The van der Waals surface area contributed by atoms with E-state index in [1.165, 1.54) is 38.6 Å². The van der Waals surface area contributed by atoms with Crippen molar-refractivity contribution in [3.05, 3.63) is 24.5 Å². The van der Waals surface area contributed by atoms with Gasteiger partial charge in [0.25, 0.3) is 0 Å². The van der Waals surface area contributed by atoms with E-state index < -0.39 is 0 Å². The quantitative estimate of drug-likeness (QED) is 0.923. The van der Waals surface area contributed by atoms with Crippen LogP contribution in [0.1, 0.15) is 38.5 Å². The molecule has 1 aromatic rings. The summed E-state index contributed by atoms with van der Waals surface area (Å²) in [5, 5.41) is 2.93. The van der Waals surface area contributed by atoms with E-state index in [1.807, 2.05) is 12.1 Å². The number of hydrogen-bond acceptors (Lipinski definition) is 4. The Balaban J connectivity index is 1.30. The van der Waals surface area contributed by atoms with Gasteiger partial charge in [0.05, 0.1) is 31.0 Å². The molecule has 24 heavy (non-hydrogen) atoms. The highest BCUT2D eigenvalue weighted by atomic mass is 16.5.